The molecule has 0 unspecified atom stereocenters. The molecule has 1 N–H and O–H groups in total. The van der Waals surface area contributed by atoms with Crippen LogP contribution in [-0.2, 0) is 5.41 Å². The van der Waals surface area contributed by atoms with Gasteiger partial charge in [0.15, 0.2) is 11.3 Å². The Morgan fingerprint density at radius 3 is 2.61 bits per heavy atom. The average molecular weight is 424 g/mol. The van der Waals surface area contributed by atoms with Crippen molar-refractivity contribution in [3.63, 3.8) is 0 Å². The molecule has 1 saturated heterocycles. The van der Waals surface area contributed by atoms with Crippen molar-refractivity contribution in [3.8, 4) is 11.3 Å². The molecule has 0 spiro atoms. The largest absolute Gasteiger partial charge is 0.449 e. The fourth-order valence-electron chi connectivity index (χ4n) is 4.08. The molecule has 1 fully saturated rings. The number of fused-ring (bicyclic) bond motifs is 1. The Balaban J connectivity index is 1.84. The number of carbonyl (C=O) groups is 1. The summed E-state index contributed by atoms with van der Waals surface area (Å²) in [6, 6.07) is 8.79. The number of aryl methyl sites for hydroxylation is 1. The number of rotatable bonds is 2. The zero-order valence-corrected chi connectivity index (χ0v) is 19.1. The second kappa shape index (κ2) is 7.45. The molecular weight excluding hydrogens is 393 g/mol. The van der Waals surface area contributed by atoms with Gasteiger partial charge < -0.3 is 14.6 Å². The van der Waals surface area contributed by atoms with E-state index >= 15 is 0 Å². The Hall–Kier alpha value is -2.73. The second-order valence-corrected chi connectivity index (χ2v) is 10.0. The number of hydrogen-bond acceptors (Lipinski definition) is 4. The summed E-state index contributed by atoms with van der Waals surface area (Å²) in [6.45, 7) is 14.2. The lowest BCUT2D eigenvalue weighted by molar-refractivity contribution is 0.0448. The maximum atomic E-state index is 14.2. The molecule has 31 heavy (non-hydrogen) atoms. The molecule has 0 saturated carbocycles. The number of furan rings is 1. The molecule has 1 aliphatic heterocycles. The minimum absolute atomic E-state index is 0.132. The topological polar surface area (TPSA) is 58.4 Å². The van der Waals surface area contributed by atoms with E-state index in [0.717, 1.165) is 18.7 Å². The third-order valence-electron chi connectivity index (χ3n) is 6.01. The number of pyridine rings is 1. The first-order valence-electron chi connectivity index (χ1n) is 10.7. The number of halogens is 1. The van der Waals surface area contributed by atoms with Gasteiger partial charge in [-0.1, -0.05) is 32.9 Å². The molecule has 0 aliphatic carbocycles. The summed E-state index contributed by atoms with van der Waals surface area (Å²) < 4.78 is 20.3. The molecule has 0 atom stereocenters. The van der Waals surface area contributed by atoms with Crippen molar-refractivity contribution in [2.24, 2.45) is 0 Å². The van der Waals surface area contributed by atoms with Crippen molar-refractivity contribution in [1.82, 2.24) is 15.2 Å². The molecule has 5 nitrogen and oxygen atoms in total. The monoisotopic (exact) mass is 423 g/mol. The number of piperazine rings is 1. The lowest BCUT2D eigenvalue weighted by Crippen LogP contribution is -2.59. The highest BCUT2D eigenvalue weighted by molar-refractivity contribution is 5.97. The second-order valence-electron chi connectivity index (χ2n) is 10.0. The van der Waals surface area contributed by atoms with Crippen LogP contribution in [0.3, 0.4) is 0 Å². The van der Waals surface area contributed by atoms with Gasteiger partial charge >= 0.3 is 0 Å². The minimum atomic E-state index is -0.306. The summed E-state index contributed by atoms with van der Waals surface area (Å²) in [5.41, 5.74) is 3.57. The molecule has 164 valence electrons. The summed E-state index contributed by atoms with van der Waals surface area (Å²) in [5, 5.41) is 3.33. The number of aromatic nitrogens is 1. The van der Waals surface area contributed by atoms with Crippen LogP contribution in [0.1, 0.15) is 56.3 Å². The lowest BCUT2D eigenvalue weighted by atomic mass is 9.86. The molecule has 1 amide bonds. The molecule has 0 radical (unpaired) electrons. The summed E-state index contributed by atoms with van der Waals surface area (Å²) in [5.74, 6) is -0.108. The van der Waals surface area contributed by atoms with Crippen LogP contribution >= 0.6 is 0 Å². The quantitative estimate of drug-likeness (QED) is 0.626. The van der Waals surface area contributed by atoms with E-state index in [2.05, 4.69) is 26.1 Å². The van der Waals surface area contributed by atoms with Crippen LogP contribution in [0.25, 0.3) is 22.4 Å². The fourth-order valence-corrected chi connectivity index (χ4v) is 4.08. The van der Waals surface area contributed by atoms with Gasteiger partial charge in [-0.15, -0.1) is 0 Å². The smallest absolute Gasteiger partial charge is 0.290 e. The highest BCUT2D eigenvalue weighted by Gasteiger charge is 2.35. The van der Waals surface area contributed by atoms with Gasteiger partial charge in [-0.3, -0.25) is 4.79 Å². The van der Waals surface area contributed by atoms with Crippen LogP contribution in [0.4, 0.5) is 4.39 Å². The van der Waals surface area contributed by atoms with Gasteiger partial charge in [0.1, 0.15) is 11.3 Å². The predicted molar refractivity (Wildman–Crippen MR) is 121 cm³/mol. The Morgan fingerprint density at radius 1 is 1.23 bits per heavy atom. The Labute approximate surface area is 182 Å². The number of benzene rings is 1. The normalized spacial score (nSPS) is 16.7. The Kier molecular flexibility index (Phi) is 5.16. The van der Waals surface area contributed by atoms with Crippen molar-refractivity contribution in [2.45, 2.75) is 52.5 Å². The van der Waals surface area contributed by atoms with Gasteiger partial charge in [0.2, 0.25) is 0 Å². The van der Waals surface area contributed by atoms with Crippen molar-refractivity contribution in [1.29, 1.82) is 0 Å². The number of nitrogens with zero attached hydrogens (tertiary/aromatic N) is 2. The summed E-state index contributed by atoms with van der Waals surface area (Å²) in [7, 11) is 0. The molecule has 3 aromatic rings. The first-order valence-corrected chi connectivity index (χ1v) is 10.7. The molecule has 2 aromatic heterocycles. The molecule has 6 heteroatoms. The first-order chi connectivity index (χ1) is 14.5. The van der Waals surface area contributed by atoms with E-state index < -0.39 is 0 Å². The standard InChI is InChI=1S/C25H30FN3O2/c1-15-7-8-16(11-18(15)26)19-12-17(24(2,3)4)22-20(28-19)13-21(31-22)23(30)29-10-9-27-14-25(29,5)6/h7-8,11-13,27H,9-10,14H2,1-6H3. The van der Waals surface area contributed by atoms with Gasteiger partial charge in [0, 0.05) is 36.8 Å². The van der Waals surface area contributed by atoms with E-state index in [-0.39, 0.29) is 28.4 Å². The van der Waals surface area contributed by atoms with Gasteiger partial charge in [-0.2, -0.15) is 0 Å². The van der Waals surface area contributed by atoms with E-state index in [4.69, 9.17) is 9.40 Å². The van der Waals surface area contributed by atoms with Crippen LogP contribution < -0.4 is 5.32 Å². The van der Waals surface area contributed by atoms with Crippen LogP contribution in [0, 0.1) is 12.7 Å². The number of amides is 1. The number of carbonyl (C=O) groups excluding carboxylic acids is 1. The molecule has 1 aliphatic rings. The summed E-state index contributed by atoms with van der Waals surface area (Å²) in [4.78, 5) is 19.9. The summed E-state index contributed by atoms with van der Waals surface area (Å²) >= 11 is 0. The van der Waals surface area contributed by atoms with Crippen molar-refractivity contribution in [2.75, 3.05) is 19.6 Å². The number of hydrogen-bond donors (Lipinski definition) is 1. The van der Waals surface area contributed by atoms with E-state index in [1.165, 1.54) is 6.07 Å². The van der Waals surface area contributed by atoms with E-state index in [1.807, 2.05) is 30.9 Å². The van der Waals surface area contributed by atoms with Crippen molar-refractivity contribution in [3.05, 3.63) is 53.0 Å². The Bertz CT molecular complexity index is 1160. The maximum absolute atomic E-state index is 14.2. The SMILES string of the molecule is Cc1ccc(-c2cc(C(C)(C)C)c3oc(C(=O)N4CCNCC4(C)C)cc3n2)cc1F. The summed E-state index contributed by atoms with van der Waals surface area (Å²) in [6.07, 6.45) is 0. The van der Waals surface area contributed by atoms with E-state index in [1.54, 1.807) is 19.1 Å². The van der Waals surface area contributed by atoms with Gasteiger partial charge in [-0.25, -0.2) is 9.37 Å². The van der Waals surface area contributed by atoms with Crippen LogP contribution in [0.2, 0.25) is 0 Å². The maximum Gasteiger partial charge on any atom is 0.290 e. The third kappa shape index (κ3) is 3.97. The van der Waals surface area contributed by atoms with Crippen LogP contribution in [0.15, 0.2) is 34.7 Å². The van der Waals surface area contributed by atoms with Crippen molar-refractivity contribution >= 4 is 17.0 Å². The zero-order chi connectivity index (χ0) is 22.6. The van der Waals surface area contributed by atoms with Gasteiger partial charge in [0.05, 0.1) is 11.2 Å². The highest BCUT2D eigenvalue weighted by Crippen LogP contribution is 2.35. The van der Waals surface area contributed by atoms with Gasteiger partial charge in [-0.05, 0) is 43.9 Å². The minimum Gasteiger partial charge on any atom is -0.449 e. The predicted octanol–water partition coefficient (Wildman–Crippen LogP) is 5.06. The van der Waals surface area contributed by atoms with Crippen LogP contribution in [-0.4, -0.2) is 41.0 Å². The molecule has 0 bridgehead atoms. The fraction of sp³-hybridized carbons (Fsp3) is 0.440. The average Bonchev–Trinajstić information content (AvgIpc) is 3.12. The van der Waals surface area contributed by atoms with Gasteiger partial charge in [0.25, 0.3) is 5.91 Å². The lowest BCUT2D eigenvalue weighted by Gasteiger charge is -2.42. The third-order valence-corrected chi connectivity index (χ3v) is 6.01. The number of nitrogens with one attached hydrogen (secondary N) is 1. The van der Waals surface area contributed by atoms with E-state index in [9.17, 15) is 9.18 Å². The molecule has 4 rings (SSSR count). The molecule has 1 aromatic carbocycles. The first kappa shape index (κ1) is 21.5. The highest BCUT2D eigenvalue weighted by atomic mass is 19.1. The van der Waals surface area contributed by atoms with E-state index in [0.29, 0.717) is 34.5 Å². The molecular formula is C25H30FN3O2. The molecule has 3 heterocycles. The van der Waals surface area contributed by atoms with Crippen molar-refractivity contribution < 1.29 is 13.6 Å². The Morgan fingerprint density at radius 2 is 1.97 bits per heavy atom. The zero-order valence-electron chi connectivity index (χ0n) is 19.1. The van der Waals surface area contributed by atoms with Crippen LogP contribution in [0.5, 0.6) is 0 Å².